The molecule has 1 fully saturated rings. The third-order valence-electron chi connectivity index (χ3n) is 2.79. The second-order valence-electron chi connectivity index (χ2n) is 4.01. The van der Waals surface area contributed by atoms with Gasteiger partial charge in [0.1, 0.15) is 0 Å². The van der Waals surface area contributed by atoms with E-state index in [1.165, 1.54) is 0 Å². The van der Waals surface area contributed by atoms with Gasteiger partial charge in [0.05, 0.1) is 18.4 Å². The molecule has 0 bridgehead atoms. The zero-order chi connectivity index (χ0) is 12.1. The highest BCUT2D eigenvalue weighted by Gasteiger charge is 2.20. The maximum atomic E-state index is 8.83. The number of anilines is 1. The Kier molecular flexibility index (Phi) is 3.91. The van der Waals surface area contributed by atoms with E-state index in [0.717, 1.165) is 24.5 Å². The summed E-state index contributed by atoms with van der Waals surface area (Å²) < 4.78 is 5.30. The Morgan fingerprint density at radius 3 is 3.35 bits per heavy atom. The predicted molar refractivity (Wildman–Crippen MR) is 64.4 cm³/mol. The average molecular weight is 232 g/mol. The van der Waals surface area contributed by atoms with Crippen LogP contribution in [0, 0.1) is 11.3 Å². The first-order valence-electron chi connectivity index (χ1n) is 5.68. The Bertz CT molecular complexity index is 415. The lowest BCUT2D eigenvalue weighted by atomic mass is 10.2. The molecule has 1 aliphatic rings. The Labute approximate surface area is 101 Å². The zero-order valence-electron chi connectivity index (χ0n) is 9.89. The van der Waals surface area contributed by atoms with Crippen LogP contribution in [0.25, 0.3) is 0 Å². The molecule has 1 aromatic heterocycles. The number of hydrogen-bond acceptors (Lipinski definition) is 5. The summed E-state index contributed by atoms with van der Waals surface area (Å²) in [7, 11) is 1.89. The van der Waals surface area contributed by atoms with E-state index in [1.807, 2.05) is 19.2 Å². The van der Waals surface area contributed by atoms with E-state index in [2.05, 4.69) is 21.3 Å². The van der Waals surface area contributed by atoms with Gasteiger partial charge in [-0.05, 0) is 12.1 Å². The summed E-state index contributed by atoms with van der Waals surface area (Å²) in [6, 6.07) is 6.10. The van der Waals surface area contributed by atoms with Crippen LogP contribution in [0.1, 0.15) is 5.69 Å². The monoisotopic (exact) mass is 232 g/mol. The van der Waals surface area contributed by atoms with Gasteiger partial charge in [0, 0.05) is 38.6 Å². The number of hydrogen-bond donors (Lipinski definition) is 1. The van der Waals surface area contributed by atoms with Crippen LogP contribution < -0.4 is 5.32 Å². The molecule has 2 heterocycles. The lowest BCUT2D eigenvalue weighted by molar-refractivity contribution is -0.00311. The molecular formula is C12H16N4O. The van der Waals surface area contributed by atoms with E-state index in [0.29, 0.717) is 13.2 Å². The van der Waals surface area contributed by atoms with Gasteiger partial charge in [0.25, 0.3) is 0 Å². The topological polar surface area (TPSA) is 61.2 Å². The first-order chi connectivity index (χ1) is 8.31. The van der Waals surface area contributed by atoms with Gasteiger partial charge in [-0.1, -0.05) is 0 Å². The number of morpholine rings is 1. The molecule has 0 amide bonds. The van der Waals surface area contributed by atoms with Crippen LogP contribution in [0.5, 0.6) is 0 Å². The standard InChI is InChI=1S/C12H16N4O/c1-14-10-2-3-15-11(6-10)8-16-4-5-17-12(7-13)9-16/h2-3,6,12H,4-5,8-9H2,1H3,(H,14,15). The molecule has 1 aliphatic heterocycles. The summed E-state index contributed by atoms with van der Waals surface area (Å²) >= 11 is 0. The summed E-state index contributed by atoms with van der Waals surface area (Å²) in [5, 5.41) is 11.9. The molecule has 5 heteroatoms. The lowest BCUT2D eigenvalue weighted by Crippen LogP contribution is -2.41. The van der Waals surface area contributed by atoms with E-state index in [1.54, 1.807) is 6.20 Å². The Hall–Kier alpha value is -1.64. The summed E-state index contributed by atoms with van der Waals surface area (Å²) in [4.78, 5) is 6.52. The summed E-state index contributed by atoms with van der Waals surface area (Å²) in [5.74, 6) is 0. The fraction of sp³-hybridized carbons (Fsp3) is 0.500. The van der Waals surface area contributed by atoms with Crippen molar-refractivity contribution >= 4 is 5.69 Å². The van der Waals surface area contributed by atoms with Crippen LogP contribution in [0.15, 0.2) is 18.3 Å². The molecule has 0 aliphatic carbocycles. The normalized spacial score (nSPS) is 20.8. The average Bonchev–Trinajstić information content (AvgIpc) is 2.39. The predicted octanol–water partition coefficient (Wildman–Crippen LogP) is 0.848. The van der Waals surface area contributed by atoms with Crippen molar-refractivity contribution in [2.24, 2.45) is 0 Å². The van der Waals surface area contributed by atoms with Gasteiger partial charge in [-0.25, -0.2) is 0 Å². The number of ether oxygens (including phenoxy) is 1. The van der Waals surface area contributed by atoms with Crippen molar-refractivity contribution in [3.05, 3.63) is 24.0 Å². The van der Waals surface area contributed by atoms with Crippen LogP contribution in [-0.4, -0.2) is 42.7 Å². The Morgan fingerprint density at radius 2 is 2.59 bits per heavy atom. The van der Waals surface area contributed by atoms with Gasteiger partial charge >= 0.3 is 0 Å². The molecule has 90 valence electrons. The maximum Gasteiger partial charge on any atom is 0.156 e. The van der Waals surface area contributed by atoms with Crippen molar-refractivity contribution in [3.8, 4) is 6.07 Å². The van der Waals surface area contributed by atoms with E-state index >= 15 is 0 Å². The van der Waals surface area contributed by atoms with Crippen LogP contribution >= 0.6 is 0 Å². The molecule has 17 heavy (non-hydrogen) atoms. The number of nitrogens with one attached hydrogen (secondary N) is 1. The van der Waals surface area contributed by atoms with E-state index in [9.17, 15) is 0 Å². The molecule has 2 rings (SSSR count). The van der Waals surface area contributed by atoms with Crippen molar-refractivity contribution < 1.29 is 4.74 Å². The van der Waals surface area contributed by atoms with Crippen LogP contribution in [0.3, 0.4) is 0 Å². The van der Waals surface area contributed by atoms with Crippen molar-refractivity contribution in [3.63, 3.8) is 0 Å². The number of rotatable bonds is 3. The molecule has 0 saturated carbocycles. The summed E-state index contributed by atoms with van der Waals surface area (Å²) in [5.41, 5.74) is 2.07. The third kappa shape index (κ3) is 3.16. The van der Waals surface area contributed by atoms with Crippen molar-refractivity contribution in [2.45, 2.75) is 12.6 Å². The smallest absolute Gasteiger partial charge is 0.156 e. The van der Waals surface area contributed by atoms with Crippen molar-refractivity contribution in [2.75, 3.05) is 32.1 Å². The molecule has 1 unspecified atom stereocenters. The first-order valence-corrected chi connectivity index (χ1v) is 5.68. The minimum Gasteiger partial charge on any atom is -0.388 e. The molecule has 5 nitrogen and oxygen atoms in total. The summed E-state index contributed by atoms with van der Waals surface area (Å²) in [6.07, 6.45) is 1.49. The fourth-order valence-corrected chi connectivity index (χ4v) is 1.87. The minimum atomic E-state index is -0.309. The fourth-order valence-electron chi connectivity index (χ4n) is 1.87. The van der Waals surface area contributed by atoms with E-state index in [4.69, 9.17) is 10.00 Å². The largest absolute Gasteiger partial charge is 0.388 e. The van der Waals surface area contributed by atoms with Gasteiger partial charge in [-0.15, -0.1) is 0 Å². The number of pyridine rings is 1. The molecule has 0 aromatic carbocycles. The molecule has 1 saturated heterocycles. The van der Waals surface area contributed by atoms with Crippen LogP contribution in [0.2, 0.25) is 0 Å². The Balaban J connectivity index is 1.98. The highest BCUT2D eigenvalue weighted by Crippen LogP contribution is 2.12. The number of aromatic nitrogens is 1. The second-order valence-corrected chi connectivity index (χ2v) is 4.01. The van der Waals surface area contributed by atoms with Gasteiger partial charge in [0.15, 0.2) is 6.10 Å². The first kappa shape index (κ1) is 11.8. The van der Waals surface area contributed by atoms with Crippen LogP contribution in [0.4, 0.5) is 5.69 Å². The highest BCUT2D eigenvalue weighted by atomic mass is 16.5. The van der Waals surface area contributed by atoms with E-state index in [-0.39, 0.29) is 6.10 Å². The molecular weight excluding hydrogens is 216 g/mol. The molecule has 0 spiro atoms. The van der Waals surface area contributed by atoms with Gasteiger partial charge in [0.2, 0.25) is 0 Å². The number of nitriles is 1. The van der Waals surface area contributed by atoms with Gasteiger partial charge < -0.3 is 10.1 Å². The molecule has 0 radical (unpaired) electrons. The van der Waals surface area contributed by atoms with Gasteiger partial charge in [-0.2, -0.15) is 5.26 Å². The quantitative estimate of drug-likeness (QED) is 0.837. The second kappa shape index (κ2) is 5.62. The minimum absolute atomic E-state index is 0.309. The molecule has 1 aromatic rings. The van der Waals surface area contributed by atoms with E-state index < -0.39 is 0 Å². The highest BCUT2D eigenvalue weighted by molar-refractivity contribution is 5.42. The SMILES string of the molecule is CNc1ccnc(CN2CCOC(C#N)C2)c1. The zero-order valence-corrected chi connectivity index (χ0v) is 9.89. The maximum absolute atomic E-state index is 8.83. The van der Waals surface area contributed by atoms with Crippen molar-refractivity contribution in [1.29, 1.82) is 5.26 Å². The van der Waals surface area contributed by atoms with Crippen molar-refractivity contribution in [1.82, 2.24) is 9.88 Å². The summed E-state index contributed by atoms with van der Waals surface area (Å²) in [6.45, 7) is 2.88. The molecule has 1 N–H and O–H groups in total. The van der Waals surface area contributed by atoms with Crippen LogP contribution in [-0.2, 0) is 11.3 Å². The Morgan fingerprint density at radius 1 is 1.71 bits per heavy atom. The number of nitrogens with zero attached hydrogens (tertiary/aromatic N) is 3. The molecule has 1 atom stereocenters. The third-order valence-corrected chi connectivity index (χ3v) is 2.79. The lowest BCUT2D eigenvalue weighted by Gasteiger charge is -2.29. The van der Waals surface area contributed by atoms with Gasteiger partial charge in [-0.3, -0.25) is 9.88 Å².